The summed E-state index contributed by atoms with van der Waals surface area (Å²) in [6, 6.07) is 6.04. The minimum atomic E-state index is -4.07. The number of carbonyl (C=O) groups is 1. The largest absolute Gasteiger partial charge is 0.492 e. The van der Waals surface area contributed by atoms with E-state index in [9.17, 15) is 18.3 Å². The standard InChI is InChI=1S/C26H36N2O7S/c1-4-18-14-20(6-7-21(29)5-2)25(27-16-18)28-36(31,32)22-8-9-24(23(15-22)26(30)33-3)35-17-19-10-12-34-13-11-19/h8-9,14-16,19,21,29H,4-7,10-13,17H2,1-3H3,(H,27,28). The Bertz CT molecular complexity index is 1130. The molecule has 36 heavy (non-hydrogen) atoms. The second-order valence-electron chi connectivity index (χ2n) is 8.93. The molecule has 0 spiro atoms. The Kier molecular flexibility index (Phi) is 10.1. The van der Waals surface area contributed by atoms with E-state index in [0.717, 1.165) is 24.8 Å². The third kappa shape index (κ3) is 7.41. The number of aliphatic hydroxyl groups excluding tert-OH is 1. The lowest BCUT2D eigenvalue weighted by Gasteiger charge is -2.22. The van der Waals surface area contributed by atoms with Gasteiger partial charge in [0.05, 0.1) is 24.7 Å². The first-order valence-corrected chi connectivity index (χ1v) is 13.9. The number of aromatic nitrogens is 1. The van der Waals surface area contributed by atoms with Crippen LogP contribution >= 0.6 is 0 Å². The number of anilines is 1. The highest BCUT2D eigenvalue weighted by Gasteiger charge is 2.23. The number of sulfonamides is 1. The van der Waals surface area contributed by atoms with Gasteiger partial charge >= 0.3 is 5.97 Å². The third-order valence-corrected chi connectivity index (χ3v) is 7.70. The van der Waals surface area contributed by atoms with Crippen molar-refractivity contribution >= 4 is 21.8 Å². The van der Waals surface area contributed by atoms with Crippen LogP contribution in [0.15, 0.2) is 35.4 Å². The quantitative estimate of drug-likeness (QED) is 0.406. The topological polar surface area (TPSA) is 124 Å². The fourth-order valence-electron chi connectivity index (χ4n) is 3.94. The number of rotatable bonds is 12. The molecule has 1 aromatic carbocycles. The molecule has 1 aliphatic heterocycles. The molecule has 0 saturated carbocycles. The van der Waals surface area contributed by atoms with Crippen LogP contribution in [0.1, 0.15) is 61.0 Å². The summed E-state index contributed by atoms with van der Waals surface area (Å²) >= 11 is 0. The van der Waals surface area contributed by atoms with Crippen LogP contribution in [0, 0.1) is 5.92 Å². The molecule has 2 heterocycles. The van der Waals surface area contributed by atoms with Crippen LogP contribution in [0.4, 0.5) is 5.82 Å². The lowest BCUT2D eigenvalue weighted by atomic mass is 10.0. The molecule has 9 nitrogen and oxygen atoms in total. The maximum Gasteiger partial charge on any atom is 0.341 e. The fourth-order valence-corrected chi connectivity index (χ4v) is 5.02. The van der Waals surface area contributed by atoms with Crippen molar-refractivity contribution in [3.63, 3.8) is 0 Å². The number of ether oxygens (including phenoxy) is 3. The van der Waals surface area contributed by atoms with Gasteiger partial charge in [-0.05, 0) is 73.8 Å². The van der Waals surface area contributed by atoms with Gasteiger partial charge in [-0.2, -0.15) is 0 Å². The number of nitrogens with one attached hydrogen (secondary N) is 1. The maximum atomic E-state index is 13.3. The van der Waals surface area contributed by atoms with E-state index in [2.05, 4.69) is 9.71 Å². The number of esters is 1. The predicted molar refractivity (Wildman–Crippen MR) is 136 cm³/mol. The summed E-state index contributed by atoms with van der Waals surface area (Å²) in [5, 5.41) is 9.99. The second kappa shape index (κ2) is 13.0. The molecule has 10 heteroatoms. The summed E-state index contributed by atoms with van der Waals surface area (Å²) < 4.78 is 45.2. The number of hydrogen-bond acceptors (Lipinski definition) is 8. The van der Waals surface area contributed by atoms with Gasteiger partial charge < -0.3 is 19.3 Å². The van der Waals surface area contributed by atoms with Crippen molar-refractivity contribution in [2.45, 2.75) is 63.4 Å². The van der Waals surface area contributed by atoms with Gasteiger partial charge in [-0.3, -0.25) is 4.72 Å². The average Bonchev–Trinajstić information content (AvgIpc) is 2.90. The van der Waals surface area contributed by atoms with E-state index < -0.39 is 22.1 Å². The van der Waals surface area contributed by atoms with Crippen LogP contribution < -0.4 is 9.46 Å². The van der Waals surface area contributed by atoms with Crippen LogP contribution in [0.3, 0.4) is 0 Å². The van der Waals surface area contributed by atoms with E-state index in [0.29, 0.717) is 50.6 Å². The second-order valence-corrected chi connectivity index (χ2v) is 10.6. The summed E-state index contributed by atoms with van der Waals surface area (Å²) in [7, 11) is -2.83. The Morgan fingerprint density at radius 1 is 1.25 bits per heavy atom. The maximum absolute atomic E-state index is 13.3. The first-order valence-electron chi connectivity index (χ1n) is 12.4. The first kappa shape index (κ1) is 27.9. The monoisotopic (exact) mass is 520 g/mol. The average molecular weight is 521 g/mol. The molecule has 1 atom stereocenters. The molecule has 1 aliphatic rings. The van der Waals surface area contributed by atoms with Gasteiger partial charge in [0.25, 0.3) is 10.0 Å². The summed E-state index contributed by atoms with van der Waals surface area (Å²) in [6.07, 6.45) is 5.21. The van der Waals surface area contributed by atoms with Crippen LogP contribution in [-0.4, -0.2) is 57.5 Å². The summed E-state index contributed by atoms with van der Waals surface area (Å²) in [5.41, 5.74) is 1.71. The molecule has 2 aromatic rings. The first-order chi connectivity index (χ1) is 17.3. The van der Waals surface area contributed by atoms with Gasteiger partial charge in [0.2, 0.25) is 0 Å². The van der Waals surface area contributed by atoms with Crippen LogP contribution in [0.5, 0.6) is 5.75 Å². The van der Waals surface area contributed by atoms with E-state index >= 15 is 0 Å². The van der Waals surface area contributed by atoms with Gasteiger partial charge in [-0.15, -0.1) is 0 Å². The minimum absolute atomic E-state index is 0.0352. The van der Waals surface area contributed by atoms with Crippen molar-refractivity contribution in [3.05, 3.63) is 47.2 Å². The Labute approximate surface area is 213 Å². The minimum Gasteiger partial charge on any atom is -0.492 e. The van der Waals surface area contributed by atoms with Gasteiger partial charge in [0.1, 0.15) is 17.1 Å². The van der Waals surface area contributed by atoms with Crippen molar-refractivity contribution in [2.75, 3.05) is 31.7 Å². The van der Waals surface area contributed by atoms with E-state index in [4.69, 9.17) is 14.2 Å². The molecular weight excluding hydrogens is 484 g/mol. The SMILES string of the molecule is CCc1cnc(NS(=O)(=O)c2ccc(OCC3CCOCC3)c(C(=O)OC)c2)c(CCC(O)CC)c1. The Balaban J connectivity index is 1.85. The molecule has 2 N–H and O–H groups in total. The fraction of sp³-hybridized carbons (Fsp3) is 0.538. The van der Waals surface area contributed by atoms with Crippen molar-refractivity contribution in [1.29, 1.82) is 0 Å². The van der Waals surface area contributed by atoms with Gasteiger partial charge in [-0.25, -0.2) is 18.2 Å². The molecule has 0 radical (unpaired) electrons. The highest BCUT2D eigenvalue weighted by molar-refractivity contribution is 7.92. The highest BCUT2D eigenvalue weighted by Crippen LogP contribution is 2.27. The van der Waals surface area contributed by atoms with Gasteiger partial charge in [-0.1, -0.05) is 19.9 Å². The van der Waals surface area contributed by atoms with Crippen LogP contribution in [-0.2, 0) is 32.3 Å². The molecule has 3 rings (SSSR count). The molecule has 198 valence electrons. The zero-order chi connectivity index (χ0) is 26.1. The van der Waals surface area contributed by atoms with E-state index in [1.807, 2.05) is 19.9 Å². The van der Waals surface area contributed by atoms with Gasteiger partial charge in [0, 0.05) is 19.4 Å². The molecule has 1 fully saturated rings. The summed E-state index contributed by atoms with van der Waals surface area (Å²) in [6.45, 7) is 5.63. The third-order valence-electron chi connectivity index (χ3n) is 6.36. The number of aryl methyl sites for hydroxylation is 2. The van der Waals surface area contributed by atoms with Crippen molar-refractivity contribution < 1.29 is 32.5 Å². The van der Waals surface area contributed by atoms with Crippen LogP contribution in [0.2, 0.25) is 0 Å². The van der Waals surface area contributed by atoms with E-state index in [-0.39, 0.29) is 22.0 Å². The number of pyridine rings is 1. The molecule has 1 saturated heterocycles. The summed E-state index contributed by atoms with van der Waals surface area (Å²) in [5.74, 6) is 0.0896. The Morgan fingerprint density at radius 3 is 2.67 bits per heavy atom. The van der Waals surface area contributed by atoms with Crippen LogP contribution in [0.25, 0.3) is 0 Å². The van der Waals surface area contributed by atoms with E-state index in [1.165, 1.54) is 25.3 Å². The zero-order valence-electron chi connectivity index (χ0n) is 21.2. The van der Waals surface area contributed by atoms with Crippen molar-refractivity contribution in [3.8, 4) is 5.75 Å². The normalized spacial score (nSPS) is 15.3. The Hall–Kier alpha value is -2.69. The van der Waals surface area contributed by atoms with Crippen molar-refractivity contribution in [2.24, 2.45) is 5.92 Å². The molecule has 1 unspecified atom stereocenters. The lowest BCUT2D eigenvalue weighted by Crippen LogP contribution is -2.22. The number of carbonyl (C=O) groups excluding carboxylic acids is 1. The number of methoxy groups -OCH3 is 1. The van der Waals surface area contributed by atoms with E-state index in [1.54, 1.807) is 6.20 Å². The molecule has 1 aromatic heterocycles. The highest BCUT2D eigenvalue weighted by atomic mass is 32.2. The zero-order valence-corrected chi connectivity index (χ0v) is 22.0. The Morgan fingerprint density at radius 2 is 2.00 bits per heavy atom. The molecule has 0 aliphatic carbocycles. The molecule has 0 amide bonds. The van der Waals surface area contributed by atoms with Gasteiger partial charge in [0.15, 0.2) is 0 Å². The lowest BCUT2D eigenvalue weighted by molar-refractivity contribution is 0.0483. The summed E-state index contributed by atoms with van der Waals surface area (Å²) in [4.78, 5) is 16.7. The predicted octanol–water partition coefficient (Wildman–Crippen LogP) is 3.74. The van der Waals surface area contributed by atoms with Crippen molar-refractivity contribution in [1.82, 2.24) is 4.98 Å². The molecular formula is C26H36N2O7S. The number of aliphatic hydroxyl groups is 1. The molecule has 0 bridgehead atoms. The number of nitrogens with zero attached hydrogens (tertiary/aromatic N) is 1. The number of hydrogen-bond donors (Lipinski definition) is 2. The smallest absolute Gasteiger partial charge is 0.341 e. The number of benzene rings is 1.